The molecule has 0 N–H and O–H groups in total. The minimum Gasteiger partial charge on any atom is -0.497 e. The fraction of sp³-hybridized carbons (Fsp3) is 0.364. The quantitative estimate of drug-likeness (QED) is 0.489. The molecule has 0 spiro atoms. The summed E-state index contributed by atoms with van der Waals surface area (Å²) in [4.78, 5) is 21.7. The lowest BCUT2D eigenvalue weighted by Crippen LogP contribution is -2.49. The minimum absolute atomic E-state index is 0.0841. The first-order chi connectivity index (χ1) is 14.6. The average molecular weight is 413 g/mol. The van der Waals surface area contributed by atoms with Gasteiger partial charge in [-0.15, -0.1) is 0 Å². The number of nitrogens with zero attached hydrogens (tertiary/aromatic N) is 3. The van der Waals surface area contributed by atoms with Gasteiger partial charge < -0.3 is 28.8 Å². The highest BCUT2D eigenvalue weighted by atomic mass is 16.6. The molecule has 2 aromatic rings. The summed E-state index contributed by atoms with van der Waals surface area (Å²) in [5.41, 5.74) is 1.83. The van der Waals surface area contributed by atoms with Crippen LogP contribution in [0.15, 0.2) is 47.6 Å². The third-order valence-electron chi connectivity index (χ3n) is 4.96. The number of carbonyl (C=O) groups excluding carboxylic acids is 1. The van der Waals surface area contributed by atoms with Crippen molar-refractivity contribution >= 4 is 17.8 Å². The number of carbonyl (C=O) groups is 1. The Hall–Kier alpha value is -3.42. The predicted molar refractivity (Wildman–Crippen MR) is 115 cm³/mol. The number of oxime groups is 1. The Morgan fingerprint density at radius 3 is 2.23 bits per heavy atom. The lowest BCUT2D eigenvalue weighted by molar-refractivity contribution is -0.136. The fourth-order valence-corrected chi connectivity index (χ4v) is 3.23. The molecule has 0 atom stereocenters. The van der Waals surface area contributed by atoms with Gasteiger partial charge in [0, 0.05) is 37.4 Å². The van der Waals surface area contributed by atoms with Gasteiger partial charge >= 0.3 is 0 Å². The van der Waals surface area contributed by atoms with E-state index in [1.165, 1.54) is 6.21 Å². The minimum atomic E-state index is -0.106. The van der Waals surface area contributed by atoms with Crippen LogP contribution in [0.5, 0.6) is 17.2 Å². The SMILES string of the molecule is COc1ccc(N2CCN(C(=O)CO/N=C/c3cc(OC)ccc3OC)CC2)cc1. The molecular weight excluding hydrogens is 386 g/mol. The molecule has 8 heteroatoms. The molecule has 0 radical (unpaired) electrons. The van der Waals surface area contributed by atoms with Crippen LogP contribution in [0.4, 0.5) is 5.69 Å². The number of rotatable bonds is 8. The van der Waals surface area contributed by atoms with Crippen LogP contribution < -0.4 is 19.1 Å². The highest BCUT2D eigenvalue weighted by Crippen LogP contribution is 2.22. The monoisotopic (exact) mass is 413 g/mol. The first-order valence-electron chi connectivity index (χ1n) is 9.68. The number of methoxy groups -OCH3 is 3. The molecule has 3 rings (SSSR count). The maximum Gasteiger partial charge on any atom is 0.263 e. The number of anilines is 1. The highest BCUT2D eigenvalue weighted by molar-refractivity contribution is 5.84. The van der Waals surface area contributed by atoms with Gasteiger partial charge in [-0.2, -0.15) is 0 Å². The van der Waals surface area contributed by atoms with Gasteiger partial charge in [0.2, 0.25) is 0 Å². The zero-order valence-corrected chi connectivity index (χ0v) is 17.5. The zero-order chi connectivity index (χ0) is 21.3. The van der Waals surface area contributed by atoms with Gasteiger partial charge in [0.25, 0.3) is 5.91 Å². The predicted octanol–water partition coefficient (Wildman–Crippen LogP) is 2.41. The molecule has 1 saturated heterocycles. The molecule has 8 nitrogen and oxygen atoms in total. The van der Waals surface area contributed by atoms with Crippen molar-refractivity contribution in [2.75, 3.05) is 59.0 Å². The summed E-state index contributed by atoms with van der Waals surface area (Å²) in [6, 6.07) is 13.3. The number of benzene rings is 2. The molecule has 1 amide bonds. The van der Waals surface area contributed by atoms with E-state index in [0.717, 1.165) is 24.5 Å². The summed E-state index contributed by atoms with van der Waals surface area (Å²) in [5.74, 6) is 2.07. The van der Waals surface area contributed by atoms with E-state index in [2.05, 4.69) is 10.1 Å². The van der Waals surface area contributed by atoms with Crippen molar-refractivity contribution in [1.29, 1.82) is 0 Å². The van der Waals surface area contributed by atoms with Crippen molar-refractivity contribution < 1.29 is 23.8 Å². The number of hydrogen-bond donors (Lipinski definition) is 0. The number of ether oxygens (including phenoxy) is 3. The molecule has 30 heavy (non-hydrogen) atoms. The van der Waals surface area contributed by atoms with Crippen LogP contribution in [-0.2, 0) is 9.63 Å². The summed E-state index contributed by atoms with van der Waals surface area (Å²) in [6.45, 7) is 2.71. The molecule has 0 aromatic heterocycles. The molecule has 1 aliphatic rings. The topological polar surface area (TPSA) is 72.8 Å². The van der Waals surface area contributed by atoms with E-state index < -0.39 is 0 Å². The average Bonchev–Trinajstić information content (AvgIpc) is 2.81. The van der Waals surface area contributed by atoms with Crippen molar-refractivity contribution in [1.82, 2.24) is 4.90 Å². The Bertz CT molecular complexity index is 862. The summed E-state index contributed by atoms with van der Waals surface area (Å²) >= 11 is 0. The van der Waals surface area contributed by atoms with Gasteiger partial charge in [0.05, 0.1) is 27.5 Å². The van der Waals surface area contributed by atoms with Crippen LogP contribution in [0.3, 0.4) is 0 Å². The molecule has 0 aliphatic carbocycles. The van der Waals surface area contributed by atoms with Gasteiger partial charge in [-0.1, -0.05) is 5.16 Å². The van der Waals surface area contributed by atoms with Crippen LogP contribution in [-0.4, -0.2) is 71.1 Å². The van der Waals surface area contributed by atoms with Crippen LogP contribution >= 0.6 is 0 Å². The van der Waals surface area contributed by atoms with Gasteiger partial charge in [0.15, 0.2) is 6.61 Å². The Kier molecular flexibility index (Phi) is 7.37. The van der Waals surface area contributed by atoms with Gasteiger partial charge in [-0.3, -0.25) is 4.79 Å². The third-order valence-corrected chi connectivity index (χ3v) is 4.96. The molecule has 1 fully saturated rings. The van der Waals surface area contributed by atoms with E-state index in [0.29, 0.717) is 30.2 Å². The Morgan fingerprint density at radius 1 is 0.933 bits per heavy atom. The van der Waals surface area contributed by atoms with Crippen LogP contribution in [0, 0.1) is 0 Å². The van der Waals surface area contributed by atoms with Crippen LogP contribution in [0.2, 0.25) is 0 Å². The Labute approximate surface area is 176 Å². The molecule has 0 saturated carbocycles. The zero-order valence-electron chi connectivity index (χ0n) is 17.5. The largest absolute Gasteiger partial charge is 0.497 e. The lowest BCUT2D eigenvalue weighted by atomic mass is 10.2. The van der Waals surface area contributed by atoms with Crippen molar-refractivity contribution in [3.63, 3.8) is 0 Å². The molecule has 1 aliphatic heterocycles. The summed E-state index contributed by atoms with van der Waals surface area (Å²) in [6.07, 6.45) is 1.51. The van der Waals surface area contributed by atoms with E-state index >= 15 is 0 Å². The van der Waals surface area contributed by atoms with E-state index in [1.807, 2.05) is 24.3 Å². The fourth-order valence-electron chi connectivity index (χ4n) is 3.23. The Morgan fingerprint density at radius 2 is 1.60 bits per heavy atom. The van der Waals surface area contributed by atoms with Crippen molar-refractivity contribution in [3.8, 4) is 17.2 Å². The third kappa shape index (κ3) is 5.34. The highest BCUT2D eigenvalue weighted by Gasteiger charge is 2.21. The molecule has 2 aromatic carbocycles. The summed E-state index contributed by atoms with van der Waals surface area (Å²) in [5, 5.41) is 3.91. The van der Waals surface area contributed by atoms with Crippen molar-refractivity contribution in [3.05, 3.63) is 48.0 Å². The van der Waals surface area contributed by atoms with E-state index in [1.54, 1.807) is 44.4 Å². The van der Waals surface area contributed by atoms with Crippen molar-refractivity contribution in [2.45, 2.75) is 0 Å². The second kappa shape index (κ2) is 10.4. The van der Waals surface area contributed by atoms with E-state index in [9.17, 15) is 4.79 Å². The van der Waals surface area contributed by atoms with Gasteiger partial charge in [-0.25, -0.2) is 0 Å². The Balaban J connectivity index is 1.46. The van der Waals surface area contributed by atoms with Crippen LogP contribution in [0.25, 0.3) is 0 Å². The standard InChI is InChI=1S/C22H27N3O5/c1-27-19-6-4-18(5-7-19)24-10-12-25(13-11-24)22(26)16-30-23-15-17-14-20(28-2)8-9-21(17)29-3/h4-9,14-15H,10-13,16H2,1-3H3/b23-15+. The second-order valence-electron chi connectivity index (χ2n) is 6.68. The first kappa shape index (κ1) is 21.3. The maximum atomic E-state index is 12.4. The van der Waals surface area contributed by atoms with Crippen molar-refractivity contribution in [2.24, 2.45) is 5.16 Å². The normalized spacial score (nSPS) is 14.0. The summed E-state index contributed by atoms with van der Waals surface area (Å²) in [7, 11) is 4.82. The van der Waals surface area contributed by atoms with Crippen LogP contribution in [0.1, 0.15) is 5.56 Å². The van der Waals surface area contributed by atoms with E-state index in [4.69, 9.17) is 19.0 Å². The second-order valence-corrected chi connectivity index (χ2v) is 6.68. The smallest absolute Gasteiger partial charge is 0.263 e. The lowest BCUT2D eigenvalue weighted by Gasteiger charge is -2.35. The number of amides is 1. The van der Waals surface area contributed by atoms with E-state index in [-0.39, 0.29) is 12.5 Å². The van der Waals surface area contributed by atoms with Gasteiger partial charge in [0.1, 0.15) is 17.2 Å². The first-order valence-corrected chi connectivity index (χ1v) is 9.68. The number of piperazine rings is 1. The molecule has 1 heterocycles. The maximum absolute atomic E-state index is 12.4. The molecule has 160 valence electrons. The molecule has 0 unspecified atom stereocenters. The number of hydrogen-bond acceptors (Lipinski definition) is 7. The van der Waals surface area contributed by atoms with Gasteiger partial charge in [-0.05, 0) is 42.5 Å². The summed E-state index contributed by atoms with van der Waals surface area (Å²) < 4.78 is 15.7. The molecular formula is C22H27N3O5. The molecule has 0 bridgehead atoms.